The smallest absolute Gasteiger partial charge is 0.239 e. The zero-order valence-corrected chi connectivity index (χ0v) is 9.37. The summed E-state index contributed by atoms with van der Waals surface area (Å²) in [7, 11) is 0. The van der Waals surface area contributed by atoms with E-state index in [-0.39, 0.29) is 24.1 Å². The molecule has 4 heteroatoms. The molecule has 0 aromatic heterocycles. The maximum absolute atomic E-state index is 11.5. The zero-order chi connectivity index (χ0) is 10.9. The molecule has 14 heavy (non-hydrogen) atoms. The third-order valence-corrected chi connectivity index (χ3v) is 2.63. The van der Waals surface area contributed by atoms with E-state index in [1.807, 2.05) is 0 Å². The molecule has 1 fully saturated rings. The van der Waals surface area contributed by atoms with Gasteiger partial charge in [0, 0.05) is 18.1 Å². The van der Waals surface area contributed by atoms with Crippen LogP contribution in [0.15, 0.2) is 0 Å². The molecule has 0 radical (unpaired) electrons. The largest absolute Gasteiger partial charge is 0.394 e. The predicted octanol–water partition coefficient (Wildman–Crippen LogP) is -0.0339. The number of hydrogen-bond acceptors (Lipinski definition) is 3. The molecule has 0 bridgehead atoms. The highest BCUT2D eigenvalue weighted by Gasteiger charge is 2.39. The molecule has 0 saturated carbocycles. The van der Waals surface area contributed by atoms with Gasteiger partial charge in [0.05, 0.1) is 6.61 Å². The Bertz CT molecular complexity index is 223. The number of carbonyl (C=O) groups excluding carboxylic acids is 1. The van der Waals surface area contributed by atoms with Gasteiger partial charge in [-0.3, -0.25) is 9.69 Å². The zero-order valence-electron chi connectivity index (χ0n) is 9.37. The van der Waals surface area contributed by atoms with Crippen molar-refractivity contribution in [2.24, 2.45) is 0 Å². The van der Waals surface area contributed by atoms with Crippen molar-refractivity contribution < 1.29 is 9.90 Å². The Hall–Kier alpha value is -0.610. The number of aliphatic hydroxyl groups is 1. The lowest BCUT2D eigenvalue weighted by Gasteiger charge is -2.47. The van der Waals surface area contributed by atoms with Crippen LogP contribution < -0.4 is 5.32 Å². The van der Waals surface area contributed by atoms with E-state index < -0.39 is 6.04 Å². The summed E-state index contributed by atoms with van der Waals surface area (Å²) >= 11 is 0. The number of carbonyl (C=O) groups is 1. The topological polar surface area (TPSA) is 52.6 Å². The van der Waals surface area contributed by atoms with Crippen molar-refractivity contribution in [2.75, 3.05) is 13.2 Å². The molecule has 2 N–H and O–H groups in total. The average molecular weight is 200 g/mol. The van der Waals surface area contributed by atoms with Crippen molar-refractivity contribution in [3.05, 3.63) is 0 Å². The Balaban J connectivity index is 2.90. The van der Waals surface area contributed by atoms with Crippen molar-refractivity contribution in [1.82, 2.24) is 10.2 Å². The normalized spacial score (nSPS) is 30.2. The van der Waals surface area contributed by atoms with Gasteiger partial charge in [-0.1, -0.05) is 0 Å². The van der Waals surface area contributed by atoms with E-state index in [0.717, 1.165) is 0 Å². The minimum absolute atomic E-state index is 0.0690. The van der Waals surface area contributed by atoms with Crippen molar-refractivity contribution >= 4 is 5.91 Å². The first-order valence-corrected chi connectivity index (χ1v) is 5.05. The van der Waals surface area contributed by atoms with Gasteiger partial charge in [0.25, 0.3) is 0 Å². The number of piperazine rings is 1. The summed E-state index contributed by atoms with van der Waals surface area (Å²) in [5.41, 5.74) is -0.0927. The van der Waals surface area contributed by atoms with Crippen LogP contribution in [0, 0.1) is 0 Å². The van der Waals surface area contributed by atoms with Crippen LogP contribution >= 0.6 is 0 Å². The van der Waals surface area contributed by atoms with Crippen LogP contribution in [0.1, 0.15) is 27.7 Å². The molecule has 1 aliphatic rings. The molecule has 1 saturated heterocycles. The summed E-state index contributed by atoms with van der Waals surface area (Å²) in [5, 5.41) is 12.0. The lowest BCUT2D eigenvalue weighted by atomic mass is 9.97. The van der Waals surface area contributed by atoms with Crippen LogP contribution in [-0.4, -0.2) is 46.7 Å². The number of amides is 1. The molecule has 4 nitrogen and oxygen atoms in total. The quantitative estimate of drug-likeness (QED) is 0.625. The SMILES string of the molecule is CC1CNC(=O)C(CO)N1C(C)(C)C. The van der Waals surface area contributed by atoms with Crippen LogP contribution in [0.5, 0.6) is 0 Å². The molecular formula is C10H20N2O2. The molecule has 0 aromatic carbocycles. The van der Waals surface area contributed by atoms with Gasteiger partial charge in [0.15, 0.2) is 0 Å². The van der Waals surface area contributed by atoms with E-state index in [0.29, 0.717) is 6.54 Å². The second-order valence-corrected chi connectivity index (χ2v) is 4.87. The van der Waals surface area contributed by atoms with E-state index >= 15 is 0 Å². The highest BCUT2D eigenvalue weighted by atomic mass is 16.3. The number of hydrogen-bond donors (Lipinski definition) is 2. The first-order chi connectivity index (χ1) is 6.38. The summed E-state index contributed by atoms with van der Waals surface area (Å²) in [6.45, 7) is 8.79. The van der Waals surface area contributed by atoms with E-state index in [9.17, 15) is 9.90 Å². The van der Waals surface area contributed by atoms with Crippen LogP contribution in [-0.2, 0) is 4.79 Å². The fourth-order valence-electron chi connectivity index (χ4n) is 2.20. The highest BCUT2D eigenvalue weighted by molar-refractivity contribution is 5.82. The van der Waals surface area contributed by atoms with Crippen molar-refractivity contribution in [2.45, 2.75) is 45.3 Å². The standard InChI is InChI=1S/C10H20N2O2/c1-7-5-11-9(14)8(6-13)12(7)10(2,3)4/h7-8,13H,5-6H2,1-4H3,(H,11,14). The van der Waals surface area contributed by atoms with Crippen LogP contribution in [0.25, 0.3) is 0 Å². The van der Waals surface area contributed by atoms with E-state index in [2.05, 4.69) is 37.9 Å². The maximum atomic E-state index is 11.5. The molecule has 2 unspecified atom stereocenters. The van der Waals surface area contributed by atoms with Crippen molar-refractivity contribution in [3.8, 4) is 0 Å². The fraction of sp³-hybridized carbons (Fsp3) is 0.900. The molecule has 1 rings (SSSR count). The van der Waals surface area contributed by atoms with Crippen LogP contribution in [0.2, 0.25) is 0 Å². The van der Waals surface area contributed by atoms with E-state index in [4.69, 9.17) is 0 Å². The summed E-state index contributed by atoms with van der Waals surface area (Å²) in [6.07, 6.45) is 0. The van der Waals surface area contributed by atoms with E-state index in [1.54, 1.807) is 0 Å². The first kappa shape index (κ1) is 11.5. The Kier molecular flexibility index (Phi) is 3.17. The minimum atomic E-state index is -0.404. The molecule has 1 aliphatic heterocycles. The second kappa shape index (κ2) is 3.87. The molecule has 0 aliphatic carbocycles. The molecule has 2 atom stereocenters. The second-order valence-electron chi connectivity index (χ2n) is 4.87. The van der Waals surface area contributed by atoms with Gasteiger partial charge in [-0.05, 0) is 27.7 Å². The third-order valence-electron chi connectivity index (χ3n) is 2.63. The van der Waals surface area contributed by atoms with Gasteiger partial charge in [0.2, 0.25) is 5.91 Å². The molecule has 0 aromatic rings. The molecule has 1 amide bonds. The van der Waals surface area contributed by atoms with Crippen molar-refractivity contribution in [1.29, 1.82) is 0 Å². The Morgan fingerprint density at radius 2 is 2.14 bits per heavy atom. The highest BCUT2D eigenvalue weighted by Crippen LogP contribution is 2.22. The van der Waals surface area contributed by atoms with Crippen LogP contribution in [0.3, 0.4) is 0 Å². The monoisotopic (exact) mass is 200 g/mol. The Labute approximate surface area is 85.3 Å². The maximum Gasteiger partial charge on any atom is 0.239 e. The minimum Gasteiger partial charge on any atom is -0.394 e. The summed E-state index contributed by atoms with van der Waals surface area (Å²) in [4.78, 5) is 13.6. The van der Waals surface area contributed by atoms with Gasteiger partial charge < -0.3 is 10.4 Å². The lowest BCUT2D eigenvalue weighted by molar-refractivity contribution is -0.137. The first-order valence-electron chi connectivity index (χ1n) is 5.05. The Morgan fingerprint density at radius 1 is 1.57 bits per heavy atom. The van der Waals surface area contributed by atoms with Gasteiger partial charge >= 0.3 is 0 Å². The number of aliphatic hydroxyl groups excluding tert-OH is 1. The van der Waals surface area contributed by atoms with Gasteiger partial charge in [-0.15, -0.1) is 0 Å². The Morgan fingerprint density at radius 3 is 2.50 bits per heavy atom. The lowest BCUT2D eigenvalue weighted by Crippen LogP contribution is -2.66. The summed E-state index contributed by atoms with van der Waals surface area (Å²) in [5.74, 6) is -0.0690. The predicted molar refractivity (Wildman–Crippen MR) is 54.9 cm³/mol. The molecule has 82 valence electrons. The number of rotatable bonds is 1. The molecule has 1 heterocycles. The van der Waals surface area contributed by atoms with Gasteiger partial charge in [0.1, 0.15) is 6.04 Å². The molecule has 0 spiro atoms. The van der Waals surface area contributed by atoms with Crippen molar-refractivity contribution in [3.63, 3.8) is 0 Å². The number of nitrogens with zero attached hydrogens (tertiary/aromatic N) is 1. The van der Waals surface area contributed by atoms with E-state index in [1.165, 1.54) is 0 Å². The summed E-state index contributed by atoms with van der Waals surface area (Å²) < 4.78 is 0. The molecular weight excluding hydrogens is 180 g/mol. The number of nitrogens with one attached hydrogen (secondary N) is 1. The fourth-order valence-corrected chi connectivity index (χ4v) is 2.20. The van der Waals surface area contributed by atoms with Gasteiger partial charge in [-0.2, -0.15) is 0 Å². The average Bonchev–Trinajstić information content (AvgIpc) is 2.06. The van der Waals surface area contributed by atoms with Gasteiger partial charge in [-0.25, -0.2) is 0 Å². The third kappa shape index (κ3) is 2.07. The summed E-state index contributed by atoms with van der Waals surface area (Å²) in [6, 6.07) is -0.136. The van der Waals surface area contributed by atoms with Crippen LogP contribution in [0.4, 0.5) is 0 Å².